The highest BCUT2D eigenvalue weighted by Gasteiger charge is 2.29. The Morgan fingerprint density at radius 1 is 1.33 bits per heavy atom. The number of aromatic nitrogens is 2. The predicted octanol–water partition coefficient (Wildman–Crippen LogP) is 1.86. The van der Waals surface area contributed by atoms with E-state index in [1.807, 2.05) is 31.2 Å². The number of quaternary nitrogens is 1. The fraction of sp³-hybridized carbons (Fsp3) is 0.471. The van der Waals surface area contributed by atoms with E-state index < -0.39 is 0 Å². The first-order chi connectivity index (χ1) is 11.7. The number of hydrogen-bond donors (Lipinski definition) is 1. The number of ether oxygens (including phenoxy) is 1. The zero-order chi connectivity index (χ0) is 16.9. The molecule has 1 saturated heterocycles. The Morgan fingerprint density at radius 3 is 2.79 bits per heavy atom. The van der Waals surface area contributed by atoms with E-state index in [9.17, 15) is 4.79 Å². The van der Waals surface area contributed by atoms with Gasteiger partial charge in [-0.25, -0.2) is 0 Å². The molecule has 1 N–H and O–H groups in total. The van der Waals surface area contributed by atoms with E-state index in [-0.39, 0.29) is 11.9 Å². The molecule has 1 aromatic heterocycles. The zero-order valence-electron chi connectivity index (χ0n) is 13.6. The van der Waals surface area contributed by atoms with Crippen LogP contribution in [0.4, 0.5) is 0 Å². The second-order valence-corrected chi connectivity index (χ2v) is 6.79. The molecule has 24 heavy (non-hydrogen) atoms. The first-order valence-electron chi connectivity index (χ1n) is 8.25. The minimum atomic E-state index is -0.0643. The van der Waals surface area contributed by atoms with Gasteiger partial charge in [0.25, 0.3) is 5.89 Å². The Kier molecular flexibility index (Phi) is 5.63. The van der Waals surface area contributed by atoms with Crippen molar-refractivity contribution in [2.75, 3.05) is 19.7 Å². The SMILES string of the molecule is CCOC(=O)C1CC[NH+](Cc2nnc(-c3ccccc3Br)o2)CC1. The van der Waals surface area contributed by atoms with Crippen molar-refractivity contribution < 1.29 is 18.8 Å². The molecule has 2 aromatic rings. The maximum absolute atomic E-state index is 11.8. The Morgan fingerprint density at radius 2 is 2.08 bits per heavy atom. The quantitative estimate of drug-likeness (QED) is 0.783. The average Bonchev–Trinajstić information content (AvgIpc) is 3.04. The van der Waals surface area contributed by atoms with Gasteiger partial charge in [-0.3, -0.25) is 4.79 Å². The molecule has 1 fully saturated rings. The number of piperidine rings is 1. The van der Waals surface area contributed by atoms with Crippen molar-refractivity contribution in [1.82, 2.24) is 10.2 Å². The third kappa shape index (κ3) is 4.02. The number of hydrogen-bond acceptors (Lipinski definition) is 5. The van der Waals surface area contributed by atoms with Crippen LogP contribution in [0.1, 0.15) is 25.7 Å². The van der Waals surface area contributed by atoms with Crippen LogP contribution in [-0.2, 0) is 16.1 Å². The van der Waals surface area contributed by atoms with Crippen LogP contribution >= 0.6 is 15.9 Å². The van der Waals surface area contributed by atoms with E-state index in [4.69, 9.17) is 9.15 Å². The maximum Gasteiger partial charge on any atom is 0.309 e. The Labute approximate surface area is 149 Å². The summed E-state index contributed by atoms with van der Waals surface area (Å²) in [6.45, 7) is 4.81. The van der Waals surface area contributed by atoms with Crippen molar-refractivity contribution >= 4 is 21.9 Å². The first-order valence-corrected chi connectivity index (χ1v) is 9.04. The van der Waals surface area contributed by atoms with E-state index in [1.54, 1.807) is 0 Å². The largest absolute Gasteiger partial charge is 0.466 e. The van der Waals surface area contributed by atoms with Crippen molar-refractivity contribution in [2.24, 2.45) is 5.92 Å². The summed E-state index contributed by atoms with van der Waals surface area (Å²) in [5, 5.41) is 8.31. The second-order valence-electron chi connectivity index (χ2n) is 5.93. The molecule has 3 rings (SSSR count). The second kappa shape index (κ2) is 7.90. The molecule has 0 unspecified atom stereocenters. The number of carbonyl (C=O) groups is 1. The van der Waals surface area contributed by atoms with Gasteiger partial charge < -0.3 is 14.1 Å². The van der Waals surface area contributed by atoms with E-state index in [0.29, 0.717) is 24.9 Å². The van der Waals surface area contributed by atoms with Crippen LogP contribution in [0, 0.1) is 5.92 Å². The molecule has 7 heteroatoms. The first kappa shape index (κ1) is 17.1. The van der Waals surface area contributed by atoms with Crippen LogP contribution in [0.3, 0.4) is 0 Å². The third-order valence-electron chi connectivity index (χ3n) is 4.28. The molecule has 128 valence electrons. The summed E-state index contributed by atoms with van der Waals surface area (Å²) in [6.07, 6.45) is 1.69. The van der Waals surface area contributed by atoms with Gasteiger partial charge in [0.2, 0.25) is 5.89 Å². The van der Waals surface area contributed by atoms with Gasteiger partial charge in [-0.05, 0) is 35.0 Å². The van der Waals surface area contributed by atoms with E-state index in [1.165, 1.54) is 4.90 Å². The number of nitrogens with zero attached hydrogens (tertiary/aromatic N) is 2. The summed E-state index contributed by atoms with van der Waals surface area (Å²) < 4.78 is 11.8. The van der Waals surface area contributed by atoms with Crippen molar-refractivity contribution in [3.05, 3.63) is 34.6 Å². The molecule has 0 aliphatic carbocycles. The number of nitrogens with one attached hydrogen (secondary N) is 1. The number of benzene rings is 1. The van der Waals surface area contributed by atoms with Gasteiger partial charge in [-0.2, -0.15) is 0 Å². The molecular formula is C17H21BrN3O3+. The molecule has 0 spiro atoms. The molecule has 0 bridgehead atoms. The van der Waals surface area contributed by atoms with Crippen LogP contribution in [0.25, 0.3) is 11.5 Å². The lowest BCUT2D eigenvalue weighted by molar-refractivity contribution is -0.920. The van der Waals surface area contributed by atoms with Gasteiger partial charge in [-0.15, -0.1) is 10.2 Å². The highest BCUT2D eigenvalue weighted by atomic mass is 79.9. The summed E-state index contributed by atoms with van der Waals surface area (Å²) in [6, 6.07) is 7.78. The van der Waals surface area contributed by atoms with Crippen molar-refractivity contribution in [3.8, 4) is 11.5 Å². The molecule has 1 aliphatic heterocycles. The smallest absolute Gasteiger partial charge is 0.309 e. The zero-order valence-corrected chi connectivity index (χ0v) is 15.2. The lowest BCUT2D eigenvalue weighted by Crippen LogP contribution is -3.11. The average molecular weight is 395 g/mol. The molecule has 0 radical (unpaired) electrons. The minimum absolute atomic E-state index is 0.0345. The van der Waals surface area contributed by atoms with E-state index >= 15 is 0 Å². The Bertz CT molecular complexity index is 696. The molecule has 0 atom stereocenters. The number of likely N-dealkylation sites (tertiary alicyclic amines) is 1. The summed E-state index contributed by atoms with van der Waals surface area (Å²) in [4.78, 5) is 13.1. The van der Waals surface area contributed by atoms with E-state index in [0.717, 1.165) is 36.0 Å². The molecule has 0 amide bonds. The monoisotopic (exact) mass is 394 g/mol. The maximum atomic E-state index is 11.8. The Balaban J connectivity index is 1.57. The molecule has 1 aliphatic rings. The van der Waals surface area contributed by atoms with Crippen LogP contribution in [0.2, 0.25) is 0 Å². The highest BCUT2D eigenvalue weighted by Crippen LogP contribution is 2.26. The van der Waals surface area contributed by atoms with Gasteiger partial charge in [-0.1, -0.05) is 12.1 Å². The van der Waals surface area contributed by atoms with Crippen LogP contribution in [-0.4, -0.2) is 35.9 Å². The lowest BCUT2D eigenvalue weighted by Gasteiger charge is -2.27. The van der Waals surface area contributed by atoms with Gasteiger partial charge in [0.15, 0.2) is 6.54 Å². The third-order valence-corrected chi connectivity index (χ3v) is 4.98. The van der Waals surface area contributed by atoms with Gasteiger partial charge >= 0.3 is 5.97 Å². The summed E-state index contributed by atoms with van der Waals surface area (Å²) >= 11 is 3.50. The van der Waals surface area contributed by atoms with Crippen LogP contribution in [0.5, 0.6) is 0 Å². The van der Waals surface area contributed by atoms with Crippen LogP contribution in [0.15, 0.2) is 33.2 Å². The number of carbonyl (C=O) groups excluding carboxylic acids is 1. The Hall–Kier alpha value is -1.73. The highest BCUT2D eigenvalue weighted by molar-refractivity contribution is 9.10. The number of esters is 1. The minimum Gasteiger partial charge on any atom is -0.466 e. The lowest BCUT2D eigenvalue weighted by atomic mass is 9.97. The van der Waals surface area contributed by atoms with Gasteiger partial charge in [0.05, 0.1) is 31.2 Å². The van der Waals surface area contributed by atoms with Gasteiger partial charge in [0, 0.05) is 17.3 Å². The molecule has 2 heterocycles. The van der Waals surface area contributed by atoms with Crippen LogP contribution < -0.4 is 4.90 Å². The fourth-order valence-corrected chi connectivity index (χ4v) is 3.44. The fourth-order valence-electron chi connectivity index (χ4n) is 2.98. The summed E-state index contributed by atoms with van der Waals surface area (Å²) in [5.74, 6) is 1.13. The molecule has 1 aromatic carbocycles. The topological polar surface area (TPSA) is 69.7 Å². The van der Waals surface area contributed by atoms with Crippen molar-refractivity contribution in [3.63, 3.8) is 0 Å². The molecule has 0 saturated carbocycles. The standard InChI is InChI=1S/C17H20BrN3O3/c1-2-23-17(22)12-7-9-21(10-8-12)11-15-19-20-16(24-15)13-5-3-4-6-14(13)18/h3-6,12H,2,7-11H2,1H3/p+1. The summed E-state index contributed by atoms with van der Waals surface area (Å²) in [7, 11) is 0. The summed E-state index contributed by atoms with van der Waals surface area (Å²) in [5.41, 5.74) is 0.896. The molecule has 6 nitrogen and oxygen atoms in total. The number of rotatable bonds is 5. The van der Waals surface area contributed by atoms with E-state index in [2.05, 4.69) is 26.1 Å². The van der Waals surface area contributed by atoms with Gasteiger partial charge in [0.1, 0.15) is 0 Å². The molecular weight excluding hydrogens is 374 g/mol. The van der Waals surface area contributed by atoms with Crippen molar-refractivity contribution in [1.29, 1.82) is 0 Å². The normalized spacial score (nSPS) is 20.8. The van der Waals surface area contributed by atoms with Crippen molar-refractivity contribution in [2.45, 2.75) is 26.3 Å². The predicted molar refractivity (Wildman–Crippen MR) is 91.2 cm³/mol. The number of halogens is 1.